The van der Waals surface area contributed by atoms with Crippen LogP contribution in [0.1, 0.15) is 118 Å². The van der Waals surface area contributed by atoms with Gasteiger partial charge in [-0.15, -0.1) is 0 Å². The van der Waals surface area contributed by atoms with Crippen molar-refractivity contribution in [3.05, 3.63) is 0 Å². The molecule has 0 saturated carbocycles. The number of likely N-dealkylation sites (N-methyl/N-ethyl adjacent to an activating group) is 1. The Morgan fingerprint density at radius 2 is 1.07 bits per heavy atom. The highest BCUT2D eigenvalue weighted by atomic mass is 16.6. The molecule has 0 bridgehead atoms. The van der Waals surface area contributed by atoms with Gasteiger partial charge in [0, 0.05) is 7.05 Å². The molecule has 0 spiro atoms. The van der Waals surface area contributed by atoms with E-state index >= 15 is 0 Å². The second-order valence-electron chi connectivity index (χ2n) is 8.82. The van der Waals surface area contributed by atoms with Gasteiger partial charge >= 0.3 is 12.1 Å². The van der Waals surface area contributed by atoms with Gasteiger partial charge in [-0.3, -0.25) is 4.90 Å². The average molecular weight is 428 g/mol. The molecule has 5 nitrogen and oxygen atoms in total. The third-order valence-electron chi connectivity index (χ3n) is 5.54. The molecule has 0 rings (SSSR count). The minimum Gasteiger partial charge on any atom is -0.464 e. The zero-order valence-electron chi connectivity index (χ0n) is 20.5. The number of hydrogen-bond donors (Lipinski definition) is 0. The Morgan fingerprint density at radius 3 is 1.50 bits per heavy atom. The lowest BCUT2D eigenvalue weighted by Gasteiger charge is -2.28. The zero-order valence-corrected chi connectivity index (χ0v) is 20.5. The first-order valence-electron chi connectivity index (χ1n) is 12.5. The second-order valence-corrected chi connectivity index (χ2v) is 8.82. The molecule has 30 heavy (non-hydrogen) atoms. The highest BCUT2D eigenvalue weighted by Crippen LogP contribution is 2.14. The van der Waals surface area contributed by atoms with Gasteiger partial charge in [0.25, 0.3) is 0 Å². The molecule has 178 valence electrons. The van der Waals surface area contributed by atoms with Crippen LogP contribution in [-0.2, 0) is 14.3 Å². The molecule has 0 fully saturated rings. The Hall–Kier alpha value is -1.26. The summed E-state index contributed by atoms with van der Waals surface area (Å²) in [7, 11) is 1.63. The van der Waals surface area contributed by atoms with Gasteiger partial charge in [-0.1, -0.05) is 105 Å². The lowest BCUT2D eigenvalue weighted by molar-refractivity contribution is -0.150. The third kappa shape index (κ3) is 14.7. The van der Waals surface area contributed by atoms with Crippen LogP contribution in [0.5, 0.6) is 0 Å². The first-order chi connectivity index (χ1) is 14.5. The van der Waals surface area contributed by atoms with Crippen molar-refractivity contribution in [2.75, 3.05) is 20.3 Å². The van der Waals surface area contributed by atoms with E-state index in [0.29, 0.717) is 13.2 Å². The maximum absolute atomic E-state index is 12.5. The normalized spacial score (nSPS) is 12.1. The molecule has 0 aromatic carbocycles. The minimum atomic E-state index is -0.601. The fourth-order valence-electron chi connectivity index (χ4n) is 3.63. The lowest BCUT2D eigenvalue weighted by atomic mass is 10.0. The monoisotopic (exact) mass is 427 g/mol. The molecule has 0 radical (unpaired) electrons. The van der Waals surface area contributed by atoms with Gasteiger partial charge in [0.1, 0.15) is 6.04 Å². The number of carbonyl (C=O) groups is 2. The number of hydrogen-bond acceptors (Lipinski definition) is 4. The first-order valence-corrected chi connectivity index (χ1v) is 12.5. The minimum absolute atomic E-state index is 0.0253. The zero-order chi connectivity index (χ0) is 22.6. The van der Waals surface area contributed by atoms with E-state index in [0.717, 1.165) is 25.7 Å². The van der Waals surface area contributed by atoms with Crippen LogP contribution in [-0.4, -0.2) is 43.3 Å². The van der Waals surface area contributed by atoms with Crippen molar-refractivity contribution in [1.82, 2.24) is 4.90 Å². The fraction of sp³-hybridized carbons (Fsp3) is 0.920. The van der Waals surface area contributed by atoms with Crippen molar-refractivity contribution >= 4 is 12.1 Å². The van der Waals surface area contributed by atoms with Crippen molar-refractivity contribution in [3.63, 3.8) is 0 Å². The molecule has 0 aliphatic heterocycles. The number of unbranched alkanes of at least 4 members (excludes halogenated alkanes) is 12. The van der Waals surface area contributed by atoms with E-state index in [9.17, 15) is 9.59 Å². The molecule has 1 atom stereocenters. The number of carbonyl (C=O) groups excluding carboxylic acids is 2. The van der Waals surface area contributed by atoms with Crippen LogP contribution in [0.25, 0.3) is 0 Å². The van der Waals surface area contributed by atoms with Crippen LogP contribution in [0.4, 0.5) is 4.79 Å². The summed E-state index contributed by atoms with van der Waals surface area (Å²) in [5.74, 6) is -0.354. The molecule has 0 N–H and O–H groups in total. The Kier molecular flexibility index (Phi) is 18.9. The van der Waals surface area contributed by atoms with E-state index in [1.165, 1.54) is 69.1 Å². The van der Waals surface area contributed by atoms with Gasteiger partial charge in [-0.05, 0) is 18.8 Å². The smallest absolute Gasteiger partial charge is 0.410 e. The van der Waals surface area contributed by atoms with Crippen molar-refractivity contribution in [2.45, 2.75) is 124 Å². The summed E-state index contributed by atoms with van der Waals surface area (Å²) < 4.78 is 10.8. The Balaban J connectivity index is 4.07. The number of ether oxygens (including phenoxy) is 2. The van der Waals surface area contributed by atoms with Crippen molar-refractivity contribution < 1.29 is 19.1 Å². The maximum atomic E-state index is 12.5. The predicted octanol–water partition coefficient (Wildman–Crippen LogP) is 7.12. The first kappa shape index (κ1) is 28.7. The lowest BCUT2D eigenvalue weighted by Crippen LogP contribution is -2.46. The van der Waals surface area contributed by atoms with Crippen molar-refractivity contribution in [1.29, 1.82) is 0 Å². The number of amides is 1. The summed E-state index contributed by atoms with van der Waals surface area (Å²) in [5, 5.41) is 0. The van der Waals surface area contributed by atoms with Crippen LogP contribution in [0.15, 0.2) is 0 Å². The van der Waals surface area contributed by atoms with Crippen molar-refractivity contribution in [3.8, 4) is 0 Å². The molecule has 0 heterocycles. The van der Waals surface area contributed by atoms with E-state index in [1.807, 2.05) is 13.8 Å². The second kappa shape index (κ2) is 19.7. The summed E-state index contributed by atoms with van der Waals surface area (Å²) in [5.41, 5.74) is 0. The molecule has 1 unspecified atom stereocenters. The topological polar surface area (TPSA) is 55.8 Å². The summed E-state index contributed by atoms with van der Waals surface area (Å²) >= 11 is 0. The molecule has 0 aliphatic rings. The molecular formula is C25H49NO4. The SMILES string of the molecule is CCCCCCCCCCOC(=O)N(C)C(C(=O)OCCCCCCCC)C(C)C. The molecule has 0 saturated heterocycles. The highest BCUT2D eigenvalue weighted by molar-refractivity contribution is 5.81. The van der Waals surface area contributed by atoms with Crippen molar-refractivity contribution in [2.24, 2.45) is 5.92 Å². The van der Waals surface area contributed by atoms with Crippen LogP contribution < -0.4 is 0 Å². The van der Waals surface area contributed by atoms with Gasteiger partial charge in [0.15, 0.2) is 0 Å². The van der Waals surface area contributed by atoms with Gasteiger partial charge < -0.3 is 9.47 Å². The molecule has 0 aromatic heterocycles. The maximum Gasteiger partial charge on any atom is 0.410 e. The summed E-state index contributed by atoms with van der Waals surface area (Å²) in [4.78, 5) is 26.3. The van der Waals surface area contributed by atoms with Gasteiger partial charge in [-0.25, -0.2) is 9.59 Å². The van der Waals surface area contributed by atoms with Gasteiger partial charge in [0.05, 0.1) is 13.2 Å². The van der Waals surface area contributed by atoms with Crippen LogP contribution >= 0.6 is 0 Å². The van der Waals surface area contributed by atoms with E-state index in [-0.39, 0.29) is 11.9 Å². The third-order valence-corrected chi connectivity index (χ3v) is 5.54. The van der Waals surface area contributed by atoms with Crippen LogP contribution in [0, 0.1) is 5.92 Å². The van der Waals surface area contributed by atoms with E-state index in [2.05, 4.69) is 13.8 Å². The Bertz CT molecular complexity index is 425. The van der Waals surface area contributed by atoms with Crippen LogP contribution in [0.3, 0.4) is 0 Å². The quantitative estimate of drug-likeness (QED) is 0.163. The van der Waals surface area contributed by atoms with E-state index in [1.54, 1.807) is 7.05 Å². The Labute approximate surface area is 186 Å². The molecule has 1 amide bonds. The summed E-state index contributed by atoms with van der Waals surface area (Å²) in [6.07, 6.45) is 16.1. The standard InChI is InChI=1S/C25H49NO4/c1-6-8-10-12-14-15-17-19-21-30-25(28)26(5)23(22(3)4)24(27)29-20-18-16-13-11-9-7-2/h22-23H,6-21H2,1-5H3. The molecule has 5 heteroatoms. The average Bonchev–Trinajstić information content (AvgIpc) is 2.71. The fourth-order valence-corrected chi connectivity index (χ4v) is 3.63. The summed E-state index contributed by atoms with van der Waals surface area (Å²) in [6, 6.07) is -0.601. The summed E-state index contributed by atoms with van der Waals surface area (Å²) in [6.45, 7) is 9.12. The van der Waals surface area contributed by atoms with Gasteiger partial charge in [0.2, 0.25) is 0 Å². The van der Waals surface area contributed by atoms with E-state index < -0.39 is 12.1 Å². The molecular weight excluding hydrogens is 378 g/mol. The van der Waals surface area contributed by atoms with Crippen LogP contribution in [0.2, 0.25) is 0 Å². The Morgan fingerprint density at radius 1 is 0.667 bits per heavy atom. The largest absolute Gasteiger partial charge is 0.464 e. The number of esters is 1. The highest BCUT2D eigenvalue weighted by Gasteiger charge is 2.32. The van der Waals surface area contributed by atoms with Gasteiger partial charge in [-0.2, -0.15) is 0 Å². The predicted molar refractivity (Wildman–Crippen MR) is 125 cm³/mol. The molecule has 0 aliphatic carbocycles. The van der Waals surface area contributed by atoms with E-state index in [4.69, 9.17) is 9.47 Å². The number of rotatable bonds is 19. The number of nitrogens with zero attached hydrogens (tertiary/aromatic N) is 1. The molecule has 0 aromatic rings.